The van der Waals surface area contributed by atoms with E-state index >= 15 is 0 Å². The van der Waals surface area contributed by atoms with Crippen molar-refractivity contribution in [3.8, 4) is 0 Å². The van der Waals surface area contributed by atoms with Gasteiger partial charge in [-0.1, -0.05) is 24.4 Å². The number of aryl methyl sites for hydroxylation is 1. The van der Waals surface area contributed by atoms with Gasteiger partial charge in [-0.3, -0.25) is 0 Å². The molecule has 1 aromatic rings. The molecule has 0 aliphatic heterocycles. The summed E-state index contributed by atoms with van der Waals surface area (Å²) in [6, 6.07) is 6.09. The Hall–Kier alpha value is -1.13. The first-order valence-corrected chi connectivity index (χ1v) is 6.59. The number of rotatable bonds is 6. The average molecular weight is 265 g/mol. The lowest BCUT2D eigenvalue weighted by Gasteiger charge is -2.25. The fourth-order valence-corrected chi connectivity index (χ4v) is 2.27. The van der Waals surface area contributed by atoms with Crippen molar-refractivity contribution in [2.45, 2.75) is 13.3 Å². The van der Waals surface area contributed by atoms with Crippen molar-refractivity contribution in [1.82, 2.24) is 4.90 Å². The van der Waals surface area contributed by atoms with E-state index in [9.17, 15) is 0 Å². The van der Waals surface area contributed by atoms with Crippen LogP contribution in [0, 0.1) is 6.92 Å². The fraction of sp³-hybridized carbons (Fsp3) is 0.500. The van der Waals surface area contributed by atoms with Crippen LogP contribution in [0.3, 0.4) is 0 Å². The summed E-state index contributed by atoms with van der Waals surface area (Å²) in [7, 11) is 6.28. The highest BCUT2D eigenvalue weighted by Crippen LogP contribution is 2.24. The highest BCUT2D eigenvalue weighted by Gasteiger charge is 2.11. The molecule has 0 aromatic heterocycles. The number of para-hydroxylation sites is 1. The number of nitrogens with two attached hydrogens (primary N) is 1. The molecule has 0 saturated carbocycles. The SMILES string of the molecule is Cc1cccc(C(N)=S)c1N(C)CCCN(C)C. The molecule has 0 bridgehead atoms. The minimum atomic E-state index is 0.466. The summed E-state index contributed by atoms with van der Waals surface area (Å²) < 4.78 is 0. The summed E-state index contributed by atoms with van der Waals surface area (Å²) >= 11 is 5.13. The van der Waals surface area contributed by atoms with E-state index in [1.165, 1.54) is 5.56 Å². The van der Waals surface area contributed by atoms with Gasteiger partial charge in [-0.05, 0) is 45.6 Å². The third-order valence-corrected chi connectivity index (χ3v) is 3.20. The van der Waals surface area contributed by atoms with E-state index in [1.54, 1.807) is 0 Å². The van der Waals surface area contributed by atoms with E-state index in [-0.39, 0.29) is 0 Å². The highest BCUT2D eigenvalue weighted by atomic mass is 32.1. The molecule has 0 amide bonds. The van der Waals surface area contributed by atoms with Gasteiger partial charge in [0.15, 0.2) is 0 Å². The summed E-state index contributed by atoms with van der Waals surface area (Å²) in [4.78, 5) is 4.90. The first-order valence-electron chi connectivity index (χ1n) is 6.18. The van der Waals surface area contributed by atoms with Crippen LogP contribution in [0.4, 0.5) is 5.69 Å². The largest absolute Gasteiger partial charge is 0.389 e. The zero-order valence-corrected chi connectivity index (χ0v) is 12.5. The van der Waals surface area contributed by atoms with Gasteiger partial charge in [0.1, 0.15) is 4.99 Å². The van der Waals surface area contributed by atoms with Gasteiger partial charge in [0.05, 0.1) is 0 Å². The van der Waals surface area contributed by atoms with Crippen LogP contribution < -0.4 is 10.6 Å². The quantitative estimate of drug-likeness (QED) is 0.798. The van der Waals surface area contributed by atoms with E-state index in [0.29, 0.717) is 4.99 Å². The van der Waals surface area contributed by atoms with Crippen molar-refractivity contribution in [3.05, 3.63) is 29.3 Å². The maximum Gasteiger partial charge on any atom is 0.106 e. The van der Waals surface area contributed by atoms with E-state index < -0.39 is 0 Å². The van der Waals surface area contributed by atoms with Gasteiger partial charge in [-0.15, -0.1) is 0 Å². The lowest BCUT2D eigenvalue weighted by molar-refractivity contribution is 0.401. The molecule has 4 heteroatoms. The van der Waals surface area contributed by atoms with Crippen molar-refractivity contribution in [2.24, 2.45) is 5.73 Å². The molecule has 1 rings (SSSR count). The van der Waals surface area contributed by atoms with E-state index in [2.05, 4.69) is 43.9 Å². The first-order chi connectivity index (χ1) is 8.43. The number of nitrogens with zero attached hydrogens (tertiary/aromatic N) is 2. The second-order valence-electron chi connectivity index (χ2n) is 4.91. The Morgan fingerprint density at radius 3 is 2.44 bits per heavy atom. The third-order valence-electron chi connectivity index (χ3n) is 2.98. The minimum absolute atomic E-state index is 0.466. The molecule has 18 heavy (non-hydrogen) atoms. The van der Waals surface area contributed by atoms with Crippen LogP contribution in [0.15, 0.2) is 18.2 Å². The van der Waals surface area contributed by atoms with Crippen molar-refractivity contribution >= 4 is 22.9 Å². The fourth-order valence-electron chi connectivity index (χ4n) is 2.10. The number of benzene rings is 1. The first kappa shape index (κ1) is 14.9. The Kier molecular flexibility index (Phi) is 5.56. The van der Waals surface area contributed by atoms with Crippen LogP contribution in [-0.4, -0.2) is 44.1 Å². The molecular weight excluding hydrogens is 242 g/mol. The van der Waals surface area contributed by atoms with Gasteiger partial charge in [0, 0.05) is 24.8 Å². The van der Waals surface area contributed by atoms with Crippen LogP contribution in [0.25, 0.3) is 0 Å². The molecule has 0 unspecified atom stereocenters. The van der Waals surface area contributed by atoms with Crippen LogP contribution in [0.2, 0.25) is 0 Å². The van der Waals surface area contributed by atoms with Gasteiger partial charge in [-0.2, -0.15) is 0 Å². The summed E-state index contributed by atoms with van der Waals surface area (Å²) in [5.74, 6) is 0. The smallest absolute Gasteiger partial charge is 0.106 e. The molecule has 3 nitrogen and oxygen atoms in total. The number of thiocarbonyl (C=S) groups is 1. The molecule has 0 spiro atoms. The number of anilines is 1. The topological polar surface area (TPSA) is 32.5 Å². The van der Waals surface area contributed by atoms with Gasteiger partial charge < -0.3 is 15.5 Å². The minimum Gasteiger partial charge on any atom is -0.389 e. The van der Waals surface area contributed by atoms with Crippen molar-refractivity contribution in [2.75, 3.05) is 39.1 Å². The lowest BCUT2D eigenvalue weighted by atomic mass is 10.1. The molecule has 100 valence electrons. The molecule has 1 aromatic carbocycles. The molecule has 0 atom stereocenters. The molecule has 0 radical (unpaired) electrons. The van der Waals surface area contributed by atoms with Gasteiger partial charge in [0.2, 0.25) is 0 Å². The molecule has 0 heterocycles. The number of hydrogen-bond acceptors (Lipinski definition) is 3. The Morgan fingerprint density at radius 2 is 1.89 bits per heavy atom. The molecule has 0 saturated heterocycles. The van der Waals surface area contributed by atoms with Crippen LogP contribution in [-0.2, 0) is 0 Å². The summed E-state index contributed by atoms with van der Waals surface area (Å²) in [5, 5.41) is 0. The normalized spacial score (nSPS) is 10.7. The maximum absolute atomic E-state index is 5.79. The van der Waals surface area contributed by atoms with E-state index in [1.807, 2.05) is 12.1 Å². The van der Waals surface area contributed by atoms with Crippen molar-refractivity contribution in [1.29, 1.82) is 0 Å². The number of hydrogen-bond donors (Lipinski definition) is 1. The summed E-state index contributed by atoms with van der Waals surface area (Å²) in [5.41, 5.74) is 9.14. The average Bonchev–Trinajstić information content (AvgIpc) is 2.27. The predicted octanol–water partition coefficient (Wildman–Crippen LogP) is 2.02. The van der Waals surface area contributed by atoms with Crippen LogP contribution in [0.1, 0.15) is 17.5 Å². The van der Waals surface area contributed by atoms with Crippen molar-refractivity contribution < 1.29 is 0 Å². The zero-order chi connectivity index (χ0) is 13.7. The lowest BCUT2D eigenvalue weighted by Crippen LogP contribution is -2.26. The molecule has 2 N–H and O–H groups in total. The van der Waals surface area contributed by atoms with Crippen LogP contribution in [0.5, 0.6) is 0 Å². The van der Waals surface area contributed by atoms with Gasteiger partial charge >= 0.3 is 0 Å². The van der Waals surface area contributed by atoms with Gasteiger partial charge in [0.25, 0.3) is 0 Å². The summed E-state index contributed by atoms with van der Waals surface area (Å²) in [6.45, 7) is 4.18. The molecule has 0 fully saturated rings. The molecule has 0 aliphatic carbocycles. The highest BCUT2D eigenvalue weighted by molar-refractivity contribution is 7.80. The second kappa shape index (κ2) is 6.71. The summed E-state index contributed by atoms with van der Waals surface area (Å²) in [6.07, 6.45) is 1.12. The second-order valence-corrected chi connectivity index (χ2v) is 5.35. The Labute approximate surface area is 116 Å². The monoisotopic (exact) mass is 265 g/mol. The van der Waals surface area contributed by atoms with Gasteiger partial charge in [-0.25, -0.2) is 0 Å². The Morgan fingerprint density at radius 1 is 1.22 bits per heavy atom. The third kappa shape index (κ3) is 3.96. The standard InChI is InChI=1S/C14H23N3S/c1-11-7-5-8-12(14(15)18)13(11)17(4)10-6-9-16(2)3/h5,7-8H,6,9-10H2,1-4H3,(H2,15,18). The van der Waals surface area contributed by atoms with E-state index in [4.69, 9.17) is 18.0 Å². The molecule has 0 aliphatic rings. The predicted molar refractivity (Wildman–Crippen MR) is 83.5 cm³/mol. The zero-order valence-electron chi connectivity index (χ0n) is 11.7. The Balaban J connectivity index is 2.84. The van der Waals surface area contributed by atoms with Crippen molar-refractivity contribution in [3.63, 3.8) is 0 Å². The van der Waals surface area contributed by atoms with E-state index in [0.717, 1.165) is 30.8 Å². The van der Waals surface area contributed by atoms with Crippen LogP contribution >= 0.6 is 12.2 Å². The Bertz CT molecular complexity index is 416. The maximum atomic E-state index is 5.79. The molecular formula is C14H23N3S.